The van der Waals surface area contributed by atoms with Gasteiger partial charge in [-0.15, -0.1) is 0 Å². The Morgan fingerprint density at radius 2 is 0.625 bits per heavy atom. The van der Waals surface area contributed by atoms with Gasteiger partial charge in [-0.2, -0.15) is 0 Å². The number of carbonyl (C=O) groups excluding carboxylic acids is 2. The minimum atomic E-state index is 0.337. The fraction of sp³-hybridized carbons (Fsp3) is 0.933. The molecule has 0 saturated carbocycles. The molecule has 0 amide bonds. The molecule has 0 spiro atoms. The summed E-state index contributed by atoms with van der Waals surface area (Å²) in [4.78, 5) is 22.3. The summed E-state index contributed by atoms with van der Waals surface area (Å²) >= 11 is 0. The average molecular weight is 453 g/mol. The molecule has 0 unspecified atom stereocenters. The molecule has 0 heterocycles. The summed E-state index contributed by atoms with van der Waals surface area (Å²) < 4.78 is 0. The van der Waals surface area contributed by atoms with Crippen LogP contribution in [0.15, 0.2) is 0 Å². The summed E-state index contributed by atoms with van der Waals surface area (Å²) in [5.74, 6) is 0.843. The maximum Gasteiger partial charge on any atom is 0.132 e. The Morgan fingerprint density at radius 3 is 0.906 bits per heavy atom. The van der Waals surface area contributed by atoms with Gasteiger partial charge < -0.3 is 4.79 Å². The van der Waals surface area contributed by atoms with Gasteiger partial charge in [0.05, 0.1) is 0 Å². The van der Waals surface area contributed by atoms with E-state index < -0.39 is 0 Å². The summed E-state index contributed by atoms with van der Waals surface area (Å²) in [6.45, 7) is 8.41. The van der Waals surface area contributed by atoms with E-state index in [1.54, 1.807) is 6.92 Å². The normalized spacial score (nSPS) is 10.6. The zero-order valence-electron chi connectivity index (χ0n) is 22.8. The fourth-order valence-corrected chi connectivity index (χ4v) is 4.01. The number of ketones is 2. The van der Waals surface area contributed by atoms with Crippen LogP contribution < -0.4 is 0 Å². The second-order valence-corrected chi connectivity index (χ2v) is 9.85. The van der Waals surface area contributed by atoms with Crippen molar-refractivity contribution in [2.24, 2.45) is 0 Å². The van der Waals surface area contributed by atoms with Gasteiger partial charge in [0, 0.05) is 19.3 Å². The molecule has 0 aromatic carbocycles. The Kier molecular flexibility index (Phi) is 31.8. The molecular weight excluding hydrogens is 392 g/mol. The summed E-state index contributed by atoms with van der Waals surface area (Å²) in [5.41, 5.74) is 0. The van der Waals surface area contributed by atoms with E-state index in [1.807, 2.05) is 0 Å². The van der Waals surface area contributed by atoms with Crippen LogP contribution in [0.3, 0.4) is 0 Å². The number of carbonyl (C=O) groups is 2. The lowest BCUT2D eigenvalue weighted by molar-refractivity contribution is -0.119. The van der Waals surface area contributed by atoms with Crippen LogP contribution in [-0.2, 0) is 9.59 Å². The van der Waals surface area contributed by atoms with Gasteiger partial charge in [0.25, 0.3) is 0 Å². The first-order chi connectivity index (χ1) is 15.6. The number of hydrogen-bond donors (Lipinski definition) is 0. The summed E-state index contributed by atoms with van der Waals surface area (Å²) in [7, 11) is 0. The van der Waals surface area contributed by atoms with E-state index in [4.69, 9.17) is 0 Å². The molecule has 0 atom stereocenters. The zero-order chi connectivity index (χ0) is 24.1. The highest BCUT2D eigenvalue weighted by atomic mass is 16.1. The average Bonchev–Trinajstić information content (AvgIpc) is 2.77. The van der Waals surface area contributed by atoms with Crippen LogP contribution in [0.25, 0.3) is 0 Å². The molecule has 2 heteroatoms. The van der Waals surface area contributed by atoms with Crippen molar-refractivity contribution < 1.29 is 9.59 Å². The molecule has 0 aromatic rings. The van der Waals surface area contributed by atoms with Crippen molar-refractivity contribution in [2.75, 3.05) is 0 Å². The smallest absolute Gasteiger partial charge is 0.132 e. The van der Waals surface area contributed by atoms with Crippen molar-refractivity contribution in [3.63, 3.8) is 0 Å². The second kappa shape index (κ2) is 30.3. The lowest BCUT2D eigenvalue weighted by Gasteiger charge is -2.03. The SMILES string of the molecule is CCCCCCCCCC(=O)CCCCCCCCC.CCCCCCCCCC(C)=O. The topological polar surface area (TPSA) is 34.1 Å². The van der Waals surface area contributed by atoms with E-state index in [1.165, 1.54) is 116 Å². The number of hydrogen-bond acceptors (Lipinski definition) is 2. The van der Waals surface area contributed by atoms with Crippen molar-refractivity contribution >= 4 is 11.6 Å². The van der Waals surface area contributed by atoms with E-state index in [-0.39, 0.29) is 0 Å². The van der Waals surface area contributed by atoms with Crippen molar-refractivity contribution in [3.8, 4) is 0 Å². The van der Waals surface area contributed by atoms with E-state index >= 15 is 0 Å². The predicted molar refractivity (Wildman–Crippen MR) is 144 cm³/mol. The maximum atomic E-state index is 11.7. The monoisotopic (exact) mass is 452 g/mol. The van der Waals surface area contributed by atoms with Crippen LogP contribution in [0.1, 0.15) is 182 Å². The van der Waals surface area contributed by atoms with E-state index in [2.05, 4.69) is 20.8 Å². The van der Waals surface area contributed by atoms with Gasteiger partial charge in [-0.1, -0.05) is 136 Å². The van der Waals surface area contributed by atoms with Crippen LogP contribution in [0.4, 0.5) is 0 Å². The molecule has 0 N–H and O–H groups in total. The fourth-order valence-electron chi connectivity index (χ4n) is 4.01. The van der Waals surface area contributed by atoms with Gasteiger partial charge in [0.2, 0.25) is 0 Å². The lowest BCUT2D eigenvalue weighted by atomic mass is 10.0. The third-order valence-electron chi connectivity index (χ3n) is 6.25. The molecule has 0 radical (unpaired) electrons. The van der Waals surface area contributed by atoms with Crippen LogP contribution in [0.2, 0.25) is 0 Å². The number of Topliss-reactive ketones (excluding diaryl/α,β-unsaturated/α-hetero) is 2. The first-order valence-electron chi connectivity index (χ1n) is 14.6. The first kappa shape index (κ1) is 33.5. The van der Waals surface area contributed by atoms with Crippen LogP contribution >= 0.6 is 0 Å². The van der Waals surface area contributed by atoms with Crippen LogP contribution in [0, 0.1) is 0 Å². The molecule has 0 fully saturated rings. The van der Waals surface area contributed by atoms with E-state index in [0.29, 0.717) is 11.6 Å². The maximum absolute atomic E-state index is 11.7. The molecular formula is C30H60O2. The standard InChI is InChI=1S/C19H38O.C11H22O/c1-3-5-7-9-11-13-15-17-19(20)18-16-14-12-10-8-6-4-2;1-3-4-5-6-7-8-9-10-11(2)12/h3-18H2,1-2H3;3-10H2,1-2H3. The largest absolute Gasteiger partial charge is 0.300 e. The summed E-state index contributed by atoms with van der Waals surface area (Å²) in [6, 6.07) is 0. The van der Waals surface area contributed by atoms with Gasteiger partial charge in [-0.05, 0) is 26.2 Å². The van der Waals surface area contributed by atoms with Gasteiger partial charge in [-0.25, -0.2) is 0 Å². The van der Waals surface area contributed by atoms with Crippen molar-refractivity contribution in [3.05, 3.63) is 0 Å². The molecule has 0 bridgehead atoms. The molecule has 32 heavy (non-hydrogen) atoms. The number of unbranched alkanes of at least 4 members (excludes halogenated alkanes) is 18. The van der Waals surface area contributed by atoms with E-state index in [9.17, 15) is 9.59 Å². The lowest BCUT2D eigenvalue weighted by Crippen LogP contribution is -1.97. The molecule has 0 saturated heterocycles. The highest BCUT2D eigenvalue weighted by molar-refractivity contribution is 5.78. The quantitative estimate of drug-likeness (QED) is 0.136. The predicted octanol–water partition coefficient (Wildman–Crippen LogP) is 10.6. The van der Waals surface area contributed by atoms with Crippen molar-refractivity contribution in [2.45, 2.75) is 182 Å². The van der Waals surface area contributed by atoms with Gasteiger partial charge >= 0.3 is 0 Å². The second-order valence-electron chi connectivity index (χ2n) is 9.85. The van der Waals surface area contributed by atoms with Gasteiger partial charge in [0.1, 0.15) is 11.6 Å². The molecule has 192 valence electrons. The summed E-state index contributed by atoms with van der Waals surface area (Å²) in [5, 5.41) is 0. The third kappa shape index (κ3) is 34.0. The molecule has 2 nitrogen and oxygen atoms in total. The molecule has 0 aliphatic heterocycles. The van der Waals surface area contributed by atoms with Crippen LogP contribution in [0.5, 0.6) is 0 Å². The van der Waals surface area contributed by atoms with E-state index in [0.717, 1.165) is 38.5 Å². The summed E-state index contributed by atoms with van der Waals surface area (Å²) in [6.07, 6.45) is 29.8. The molecule has 0 aliphatic rings. The minimum absolute atomic E-state index is 0.337. The first-order valence-corrected chi connectivity index (χ1v) is 14.6. The molecule has 0 aromatic heterocycles. The van der Waals surface area contributed by atoms with Crippen molar-refractivity contribution in [1.29, 1.82) is 0 Å². The van der Waals surface area contributed by atoms with Gasteiger partial charge in [0.15, 0.2) is 0 Å². The highest BCUT2D eigenvalue weighted by Gasteiger charge is 2.01. The molecule has 0 aliphatic carbocycles. The minimum Gasteiger partial charge on any atom is -0.300 e. The Labute approximate surface area is 203 Å². The van der Waals surface area contributed by atoms with Gasteiger partial charge in [-0.3, -0.25) is 4.79 Å². The Bertz CT molecular complexity index is 355. The zero-order valence-corrected chi connectivity index (χ0v) is 22.8. The third-order valence-corrected chi connectivity index (χ3v) is 6.25. The Hall–Kier alpha value is -0.660. The Balaban J connectivity index is 0. The van der Waals surface area contributed by atoms with Crippen LogP contribution in [-0.4, -0.2) is 11.6 Å². The highest BCUT2D eigenvalue weighted by Crippen LogP contribution is 2.12. The van der Waals surface area contributed by atoms with Crippen molar-refractivity contribution in [1.82, 2.24) is 0 Å². The molecule has 0 rings (SSSR count). The Morgan fingerprint density at radius 1 is 0.375 bits per heavy atom. The number of rotatable bonds is 24.